The molecule has 1 heterocycles. The lowest BCUT2D eigenvalue weighted by atomic mass is 10.1. The van der Waals surface area contributed by atoms with Crippen molar-refractivity contribution in [2.24, 2.45) is 0 Å². The number of anilines is 1. The van der Waals surface area contributed by atoms with Gasteiger partial charge >= 0.3 is 0 Å². The van der Waals surface area contributed by atoms with E-state index in [-0.39, 0.29) is 0 Å². The molecule has 0 radical (unpaired) electrons. The fourth-order valence-electron chi connectivity index (χ4n) is 1.76. The smallest absolute Gasteiger partial charge is 0.183 e. The Morgan fingerprint density at radius 2 is 1.88 bits per heavy atom. The summed E-state index contributed by atoms with van der Waals surface area (Å²) in [6.07, 6.45) is 0. The molecule has 0 unspecified atom stereocenters. The maximum atomic E-state index is 4.56. The van der Waals surface area contributed by atoms with E-state index in [0.29, 0.717) is 0 Å². The second-order valence-corrected chi connectivity index (χ2v) is 4.80. The van der Waals surface area contributed by atoms with Crippen molar-refractivity contribution in [2.45, 2.75) is 20.8 Å². The summed E-state index contributed by atoms with van der Waals surface area (Å²) in [5.74, 6) is 0. The largest absolute Gasteiger partial charge is 0.362 e. The van der Waals surface area contributed by atoms with E-state index < -0.39 is 0 Å². The molecule has 1 N–H and O–H groups in total. The molecule has 2 rings (SSSR count). The highest BCUT2D eigenvalue weighted by atomic mass is 32.1. The molecule has 0 atom stereocenters. The van der Waals surface area contributed by atoms with Crippen LogP contribution in [-0.4, -0.2) is 11.5 Å². The molecule has 1 aromatic carbocycles. The standard InChI is InChI=1S/C13H16N2S/c1-4-14-13-15-12(8-16-13)11-6-9(2)5-10(3)7-11/h5-8H,4H2,1-3H3,(H,14,15). The van der Waals surface area contributed by atoms with Gasteiger partial charge in [0.15, 0.2) is 5.13 Å². The summed E-state index contributed by atoms with van der Waals surface area (Å²) in [5.41, 5.74) is 4.84. The zero-order chi connectivity index (χ0) is 11.5. The first-order valence-corrected chi connectivity index (χ1v) is 6.35. The fraction of sp³-hybridized carbons (Fsp3) is 0.308. The SMILES string of the molecule is CCNc1nc(-c2cc(C)cc(C)c2)cs1. The van der Waals surface area contributed by atoms with Gasteiger partial charge in [-0.25, -0.2) is 4.98 Å². The first-order valence-electron chi connectivity index (χ1n) is 5.47. The molecule has 2 nitrogen and oxygen atoms in total. The van der Waals surface area contributed by atoms with Crippen molar-refractivity contribution < 1.29 is 0 Å². The van der Waals surface area contributed by atoms with Crippen LogP contribution in [0, 0.1) is 13.8 Å². The van der Waals surface area contributed by atoms with Crippen molar-refractivity contribution in [1.29, 1.82) is 0 Å². The molecule has 0 saturated heterocycles. The molecule has 0 aliphatic heterocycles. The number of rotatable bonds is 3. The average Bonchev–Trinajstić information content (AvgIpc) is 2.65. The van der Waals surface area contributed by atoms with E-state index >= 15 is 0 Å². The average molecular weight is 232 g/mol. The summed E-state index contributed by atoms with van der Waals surface area (Å²) < 4.78 is 0. The van der Waals surface area contributed by atoms with Gasteiger partial charge in [-0.05, 0) is 32.9 Å². The number of aryl methyl sites for hydroxylation is 2. The molecule has 0 aliphatic rings. The van der Waals surface area contributed by atoms with Crippen LogP contribution in [0.5, 0.6) is 0 Å². The number of hydrogen-bond donors (Lipinski definition) is 1. The van der Waals surface area contributed by atoms with Crippen LogP contribution in [0.1, 0.15) is 18.1 Å². The van der Waals surface area contributed by atoms with Gasteiger partial charge in [0.25, 0.3) is 0 Å². The van der Waals surface area contributed by atoms with Crippen LogP contribution in [0.15, 0.2) is 23.6 Å². The van der Waals surface area contributed by atoms with Gasteiger partial charge in [0, 0.05) is 17.5 Å². The van der Waals surface area contributed by atoms with Crippen LogP contribution in [-0.2, 0) is 0 Å². The first-order chi connectivity index (χ1) is 7.69. The highest BCUT2D eigenvalue weighted by Crippen LogP contribution is 2.26. The Labute approximate surface area is 100 Å². The molecule has 0 bridgehead atoms. The van der Waals surface area contributed by atoms with Crippen molar-refractivity contribution in [2.75, 3.05) is 11.9 Å². The molecule has 0 spiro atoms. The Kier molecular flexibility index (Phi) is 3.25. The highest BCUT2D eigenvalue weighted by molar-refractivity contribution is 7.14. The third-order valence-electron chi connectivity index (χ3n) is 2.35. The minimum atomic E-state index is 0.916. The van der Waals surface area contributed by atoms with Gasteiger partial charge in [0.2, 0.25) is 0 Å². The van der Waals surface area contributed by atoms with E-state index in [4.69, 9.17) is 0 Å². The molecule has 16 heavy (non-hydrogen) atoms. The molecule has 0 fully saturated rings. The number of benzene rings is 1. The molecular formula is C13H16N2S. The van der Waals surface area contributed by atoms with Gasteiger partial charge in [0.1, 0.15) is 0 Å². The summed E-state index contributed by atoms with van der Waals surface area (Å²) in [5, 5.41) is 6.33. The maximum absolute atomic E-state index is 4.56. The number of nitrogens with zero attached hydrogens (tertiary/aromatic N) is 1. The zero-order valence-corrected chi connectivity index (χ0v) is 10.7. The van der Waals surface area contributed by atoms with Gasteiger partial charge in [-0.3, -0.25) is 0 Å². The summed E-state index contributed by atoms with van der Waals surface area (Å²) in [7, 11) is 0. The van der Waals surface area contributed by atoms with Crippen molar-refractivity contribution in [1.82, 2.24) is 4.98 Å². The van der Waals surface area contributed by atoms with E-state index in [2.05, 4.69) is 54.7 Å². The minimum absolute atomic E-state index is 0.916. The third kappa shape index (κ3) is 2.42. The van der Waals surface area contributed by atoms with Crippen LogP contribution >= 0.6 is 11.3 Å². The van der Waals surface area contributed by atoms with Gasteiger partial charge in [-0.15, -0.1) is 11.3 Å². The Morgan fingerprint density at radius 1 is 1.19 bits per heavy atom. The van der Waals surface area contributed by atoms with Gasteiger partial charge in [0.05, 0.1) is 5.69 Å². The third-order valence-corrected chi connectivity index (χ3v) is 3.15. The Morgan fingerprint density at radius 3 is 2.50 bits per heavy atom. The first kappa shape index (κ1) is 11.1. The van der Waals surface area contributed by atoms with Crippen molar-refractivity contribution in [3.8, 4) is 11.3 Å². The van der Waals surface area contributed by atoms with E-state index in [1.54, 1.807) is 11.3 Å². The van der Waals surface area contributed by atoms with Crippen LogP contribution in [0.25, 0.3) is 11.3 Å². The van der Waals surface area contributed by atoms with Gasteiger partial charge in [-0.1, -0.05) is 17.2 Å². The van der Waals surface area contributed by atoms with Crippen molar-refractivity contribution in [3.05, 3.63) is 34.7 Å². The normalized spacial score (nSPS) is 10.4. The van der Waals surface area contributed by atoms with E-state index in [0.717, 1.165) is 17.4 Å². The van der Waals surface area contributed by atoms with Crippen LogP contribution in [0.2, 0.25) is 0 Å². The predicted molar refractivity (Wildman–Crippen MR) is 71.2 cm³/mol. The summed E-state index contributed by atoms with van der Waals surface area (Å²) >= 11 is 1.66. The van der Waals surface area contributed by atoms with E-state index in [9.17, 15) is 0 Å². The van der Waals surface area contributed by atoms with Gasteiger partial charge < -0.3 is 5.32 Å². The lowest BCUT2D eigenvalue weighted by Gasteiger charge is -2.01. The number of nitrogens with one attached hydrogen (secondary N) is 1. The van der Waals surface area contributed by atoms with Crippen LogP contribution in [0.3, 0.4) is 0 Å². The lowest BCUT2D eigenvalue weighted by Crippen LogP contribution is -1.95. The second kappa shape index (κ2) is 4.66. The maximum Gasteiger partial charge on any atom is 0.183 e. The molecule has 0 amide bonds. The summed E-state index contributed by atoms with van der Waals surface area (Å²) in [4.78, 5) is 4.56. The Balaban J connectivity index is 2.34. The number of hydrogen-bond acceptors (Lipinski definition) is 3. The molecule has 0 saturated carbocycles. The number of aromatic nitrogens is 1. The molecule has 2 aromatic rings. The molecule has 3 heteroatoms. The predicted octanol–water partition coefficient (Wildman–Crippen LogP) is 3.86. The molecule has 0 aliphatic carbocycles. The lowest BCUT2D eigenvalue weighted by molar-refractivity contribution is 1.19. The Hall–Kier alpha value is -1.35. The second-order valence-electron chi connectivity index (χ2n) is 3.94. The summed E-state index contributed by atoms with van der Waals surface area (Å²) in [6, 6.07) is 6.54. The van der Waals surface area contributed by atoms with Crippen LogP contribution < -0.4 is 5.32 Å². The van der Waals surface area contributed by atoms with Crippen molar-refractivity contribution >= 4 is 16.5 Å². The van der Waals surface area contributed by atoms with E-state index in [1.165, 1.54) is 16.7 Å². The zero-order valence-electron chi connectivity index (χ0n) is 9.87. The van der Waals surface area contributed by atoms with E-state index in [1.807, 2.05) is 0 Å². The monoisotopic (exact) mass is 232 g/mol. The molecular weight excluding hydrogens is 216 g/mol. The van der Waals surface area contributed by atoms with Gasteiger partial charge in [-0.2, -0.15) is 0 Å². The topological polar surface area (TPSA) is 24.9 Å². The summed E-state index contributed by atoms with van der Waals surface area (Å²) in [6.45, 7) is 7.24. The van der Waals surface area contributed by atoms with Crippen LogP contribution in [0.4, 0.5) is 5.13 Å². The Bertz CT molecular complexity index is 468. The molecule has 1 aromatic heterocycles. The fourth-order valence-corrected chi connectivity index (χ4v) is 2.55. The quantitative estimate of drug-likeness (QED) is 0.869. The number of thiazole rings is 1. The minimum Gasteiger partial charge on any atom is -0.362 e. The highest BCUT2D eigenvalue weighted by Gasteiger charge is 2.04. The molecule has 84 valence electrons. The van der Waals surface area contributed by atoms with Crippen molar-refractivity contribution in [3.63, 3.8) is 0 Å².